The van der Waals surface area contributed by atoms with Gasteiger partial charge in [0, 0.05) is 25.7 Å². The van der Waals surface area contributed by atoms with Gasteiger partial charge in [-0.25, -0.2) is 0 Å². The van der Waals surface area contributed by atoms with Gasteiger partial charge >= 0.3 is 0 Å². The summed E-state index contributed by atoms with van der Waals surface area (Å²) in [5, 5.41) is 3.52. The van der Waals surface area contributed by atoms with Crippen LogP contribution < -0.4 is 5.32 Å². The number of ether oxygens (including phenoxy) is 1. The molecule has 3 unspecified atom stereocenters. The first-order valence-corrected chi connectivity index (χ1v) is 6.77. The van der Waals surface area contributed by atoms with Gasteiger partial charge in [-0.1, -0.05) is 0 Å². The third-order valence-electron chi connectivity index (χ3n) is 3.84. The lowest BCUT2D eigenvalue weighted by Crippen LogP contribution is -2.41. The van der Waals surface area contributed by atoms with Crippen molar-refractivity contribution in [3.8, 4) is 0 Å². The van der Waals surface area contributed by atoms with Gasteiger partial charge in [-0.05, 0) is 52.1 Å². The minimum absolute atomic E-state index is 0.504. The van der Waals surface area contributed by atoms with E-state index in [1.165, 1.54) is 38.8 Å². The molecule has 0 spiro atoms. The van der Waals surface area contributed by atoms with Crippen molar-refractivity contribution in [2.75, 3.05) is 33.3 Å². The molecule has 0 aromatic heterocycles. The fraction of sp³-hybridized carbons (Fsp3) is 1.00. The van der Waals surface area contributed by atoms with Crippen molar-refractivity contribution >= 4 is 0 Å². The predicted molar refractivity (Wildman–Crippen MR) is 66.7 cm³/mol. The van der Waals surface area contributed by atoms with E-state index in [2.05, 4.69) is 24.2 Å². The Balaban J connectivity index is 1.67. The molecular weight excluding hydrogens is 200 g/mol. The van der Waals surface area contributed by atoms with Gasteiger partial charge in [-0.2, -0.15) is 0 Å². The van der Waals surface area contributed by atoms with Crippen molar-refractivity contribution in [2.45, 2.75) is 44.8 Å². The molecule has 2 fully saturated rings. The molecule has 16 heavy (non-hydrogen) atoms. The number of nitrogens with one attached hydrogen (secondary N) is 1. The minimum Gasteiger partial charge on any atom is -0.377 e. The van der Waals surface area contributed by atoms with Crippen molar-refractivity contribution in [1.82, 2.24) is 10.2 Å². The number of piperidine rings is 1. The molecule has 3 nitrogen and oxygen atoms in total. The molecule has 1 N–H and O–H groups in total. The monoisotopic (exact) mass is 226 g/mol. The molecule has 0 aliphatic carbocycles. The second kappa shape index (κ2) is 5.99. The Morgan fingerprint density at radius 1 is 1.31 bits per heavy atom. The molecule has 0 bridgehead atoms. The third-order valence-corrected chi connectivity index (χ3v) is 3.84. The SMILES string of the molecule is CC1CC(CN(C)CC2CCCO2)CCN1. The van der Waals surface area contributed by atoms with E-state index in [1.54, 1.807) is 0 Å². The van der Waals surface area contributed by atoms with E-state index in [-0.39, 0.29) is 0 Å². The van der Waals surface area contributed by atoms with E-state index < -0.39 is 0 Å². The standard InChI is InChI=1S/C13H26N2O/c1-11-8-12(5-6-14-11)9-15(2)10-13-4-3-7-16-13/h11-14H,3-10H2,1-2H3. The van der Waals surface area contributed by atoms with Crippen LogP contribution in [0.4, 0.5) is 0 Å². The average Bonchev–Trinajstić information content (AvgIpc) is 2.70. The highest BCUT2D eigenvalue weighted by molar-refractivity contribution is 4.78. The van der Waals surface area contributed by atoms with Crippen LogP contribution in [-0.2, 0) is 4.74 Å². The molecule has 0 radical (unpaired) electrons. The molecule has 0 amide bonds. The second-order valence-corrected chi connectivity index (χ2v) is 5.60. The lowest BCUT2D eigenvalue weighted by atomic mass is 9.93. The molecule has 2 rings (SSSR count). The van der Waals surface area contributed by atoms with Gasteiger partial charge in [0.1, 0.15) is 0 Å². The molecule has 2 saturated heterocycles. The van der Waals surface area contributed by atoms with E-state index in [4.69, 9.17) is 4.74 Å². The zero-order chi connectivity index (χ0) is 11.4. The van der Waals surface area contributed by atoms with Gasteiger partial charge in [0.2, 0.25) is 0 Å². The number of hydrogen-bond acceptors (Lipinski definition) is 3. The number of nitrogens with zero attached hydrogens (tertiary/aromatic N) is 1. The first-order chi connectivity index (χ1) is 7.74. The first kappa shape index (κ1) is 12.3. The third kappa shape index (κ3) is 3.72. The molecule has 2 heterocycles. The summed E-state index contributed by atoms with van der Waals surface area (Å²) in [7, 11) is 2.24. The Bertz CT molecular complexity index is 204. The van der Waals surface area contributed by atoms with Gasteiger partial charge in [-0.3, -0.25) is 0 Å². The van der Waals surface area contributed by atoms with Crippen molar-refractivity contribution in [3.05, 3.63) is 0 Å². The van der Waals surface area contributed by atoms with Crippen LogP contribution in [0.25, 0.3) is 0 Å². The van der Waals surface area contributed by atoms with Crippen LogP contribution in [0.5, 0.6) is 0 Å². The molecular formula is C13H26N2O. The molecule has 0 aromatic carbocycles. The summed E-state index contributed by atoms with van der Waals surface area (Å²) in [6.45, 7) is 6.83. The summed E-state index contributed by atoms with van der Waals surface area (Å²) in [5.41, 5.74) is 0. The Kier molecular flexibility index (Phi) is 4.62. The largest absolute Gasteiger partial charge is 0.377 e. The van der Waals surface area contributed by atoms with E-state index in [9.17, 15) is 0 Å². The Labute approximate surface area is 99.5 Å². The zero-order valence-corrected chi connectivity index (χ0v) is 10.7. The first-order valence-electron chi connectivity index (χ1n) is 6.77. The molecule has 94 valence electrons. The highest BCUT2D eigenvalue weighted by Gasteiger charge is 2.22. The smallest absolute Gasteiger partial charge is 0.0702 e. The number of likely N-dealkylation sites (N-methyl/N-ethyl adjacent to an activating group) is 1. The van der Waals surface area contributed by atoms with Crippen LogP contribution in [0.15, 0.2) is 0 Å². The van der Waals surface area contributed by atoms with Crippen molar-refractivity contribution in [3.63, 3.8) is 0 Å². The van der Waals surface area contributed by atoms with Crippen LogP contribution in [-0.4, -0.2) is 50.3 Å². The van der Waals surface area contributed by atoms with Gasteiger partial charge in [0.25, 0.3) is 0 Å². The van der Waals surface area contributed by atoms with Gasteiger partial charge in [0.15, 0.2) is 0 Å². The summed E-state index contributed by atoms with van der Waals surface area (Å²) < 4.78 is 5.68. The van der Waals surface area contributed by atoms with Gasteiger partial charge < -0.3 is 15.0 Å². The summed E-state index contributed by atoms with van der Waals surface area (Å²) in [6, 6.07) is 0.704. The quantitative estimate of drug-likeness (QED) is 0.786. The van der Waals surface area contributed by atoms with Crippen LogP contribution in [0.3, 0.4) is 0 Å². The Morgan fingerprint density at radius 3 is 2.88 bits per heavy atom. The van der Waals surface area contributed by atoms with Crippen LogP contribution >= 0.6 is 0 Å². The number of rotatable bonds is 4. The summed E-state index contributed by atoms with van der Waals surface area (Å²) >= 11 is 0. The fourth-order valence-electron chi connectivity index (χ4n) is 3.05. The van der Waals surface area contributed by atoms with E-state index in [0.29, 0.717) is 12.1 Å². The van der Waals surface area contributed by atoms with Crippen molar-refractivity contribution in [2.24, 2.45) is 5.92 Å². The molecule has 2 aliphatic rings. The average molecular weight is 226 g/mol. The summed E-state index contributed by atoms with van der Waals surface area (Å²) in [4.78, 5) is 2.47. The maximum absolute atomic E-state index is 5.68. The summed E-state index contributed by atoms with van der Waals surface area (Å²) in [5.74, 6) is 0.877. The number of hydrogen-bond donors (Lipinski definition) is 1. The molecule has 2 aliphatic heterocycles. The van der Waals surface area contributed by atoms with E-state index in [0.717, 1.165) is 19.1 Å². The lowest BCUT2D eigenvalue weighted by molar-refractivity contribution is 0.0738. The van der Waals surface area contributed by atoms with Crippen LogP contribution in [0.1, 0.15) is 32.6 Å². The Morgan fingerprint density at radius 2 is 2.19 bits per heavy atom. The van der Waals surface area contributed by atoms with Gasteiger partial charge in [0.05, 0.1) is 6.10 Å². The normalized spacial score (nSPS) is 35.8. The highest BCUT2D eigenvalue weighted by atomic mass is 16.5. The maximum atomic E-state index is 5.68. The van der Waals surface area contributed by atoms with E-state index >= 15 is 0 Å². The fourth-order valence-corrected chi connectivity index (χ4v) is 3.05. The topological polar surface area (TPSA) is 24.5 Å². The van der Waals surface area contributed by atoms with Crippen LogP contribution in [0, 0.1) is 5.92 Å². The Hall–Kier alpha value is -0.120. The lowest BCUT2D eigenvalue weighted by Gasteiger charge is -2.31. The van der Waals surface area contributed by atoms with Crippen molar-refractivity contribution < 1.29 is 4.74 Å². The summed E-state index contributed by atoms with van der Waals surface area (Å²) in [6.07, 6.45) is 5.68. The molecule has 0 saturated carbocycles. The van der Waals surface area contributed by atoms with E-state index in [1.807, 2.05) is 0 Å². The minimum atomic E-state index is 0.504. The predicted octanol–water partition coefficient (Wildman–Crippen LogP) is 1.49. The molecule has 0 aromatic rings. The van der Waals surface area contributed by atoms with Crippen molar-refractivity contribution in [1.29, 1.82) is 0 Å². The molecule has 3 atom stereocenters. The van der Waals surface area contributed by atoms with Gasteiger partial charge in [-0.15, -0.1) is 0 Å². The molecule has 3 heteroatoms. The highest BCUT2D eigenvalue weighted by Crippen LogP contribution is 2.18. The zero-order valence-electron chi connectivity index (χ0n) is 10.7. The second-order valence-electron chi connectivity index (χ2n) is 5.60. The maximum Gasteiger partial charge on any atom is 0.0702 e. The van der Waals surface area contributed by atoms with Crippen LogP contribution in [0.2, 0.25) is 0 Å².